The lowest BCUT2D eigenvalue weighted by molar-refractivity contribution is 0.0557. The van der Waals surface area contributed by atoms with Crippen molar-refractivity contribution in [3.05, 3.63) is 11.3 Å². The van der Waals surface area contributed by atoms with Crippen molar-refractivity contribution < 1.29 is 9.47 Å². The van der Waals surface area contributed by atoms with Gasteiger partial charge in [-0.05, 0) is 25.6 Å². The molecule has 0 radical (unpaired) electrons. The van der Waals surface area contributed by atoms with Gasteiger partial charge in [0.25, 0.3) is 0 Å². The predicted octanol–water partition coefficient (Wildman–Crippen LogP) is 1.79. The van der Waals surface area contributed by atoms with Gasteiger partial charge >= 0.3 is 0 Å². The van der Waals surface area contributed by atoms with E-state index in [1.54, 1.807) is 0 Å². The normalized spacial score (nSPS) is 17.3. The highest BCUT2D eigenvalue weighted by Gasteiger charge is 2.30. The molecule has 0 aliphatic carbocycles. The van der Waals surface area contributed by atoms with Crippen LogP contribution in [0.25, 0.3) is 0 Å². The number of nitrogens with two attached hydrogens (primary N) is 1. The van der Waals surface area contributed by atoms with Crippen LogP contribution < -0.4 is 10.5 Å². The van der Waals surface area contributed by atoms with Crippen LogP contribution >= 0.6 is 12.2 Å². The largest absolute Gasteiger partial charge is 0.471 e. The molecule has 106 valence electrons. The van der Waals surface area contributed by atoms with Crippen LogP contribution in [0.4, 0.5) is 0 Å². The first-order valence-electron chi connectivity index (χ1n) is 6.76. The molecule has 1 aromatic heterocycles. The standard InChI is InChI=1S/C13H21N3O2S/c1-3-4-5-6-17-8-10-7-11-9(2)15-16(13(14)19)12(11)18-10/h10H,3-8H2,1-2H3,(H2,14,19). The Balaban J connectivity index is 1.86. The predicted molar refractivity (Wildman–Crippen MR) is 77.6 cm³/mol. The highest BCUT2D eigenvalue weighted by Crippen LogP contribution is 2.31. The first-order valence-corrected chi connectivity index (χ1v) is 7.17. The van der Waals surface area contributed by atoms with Crippen LogP contribution in [-0.4, -0.2) is 34.2 Å². The van der Waals surface area contributed by atoms with Crippen LogP contribution in [0.2, 0.25) is 0 Å². The zero-order valence-corrected chi connectivity index (χ0v) is 12.3. The highest BCUT2D eigenvalue weighted by molar-refractivity contribution is 7.80. The molecule has 19 heavy (non-hydrogen) atoms. The molecule has 1 aliphatic rings. The first kappa shape index (κ1) is 14.3. The van der Waals surface area contributed by atoms with Crippen molar-refractivity contribution in [2.24, 2.45) is 5.73 Å². The fourth-order valence-electron chi connectivity index (χ4n) is 2.23. The molecule has 1 aliphatic heterocycles. The van der Waals surface area contributed by atoms with Crippen molar-refractivity contribution in [3.63, 3.8) is 0 Å². The Morgan fingerprint density at radius 1 is 1.58 bits per heavy atom. The summed E-state index contributed by atoms with van der Waals surface area (Å²) in [6.07, 6.45) is 4.39. The molecule has 0 amide bonds. The molecular weight excluding hydrogens is 262 g/mol. The zero-order valence-electron chi connectivity index (χ0n) is 11.5. The van der Waals surface area contributed by atoms with Gasteiger partial charge in [0.05, 0.1) is 12.3 Å². The fourth-order valence-corrected chi connectivity index (χ4v) is 2.36. The zero-order chi connectivity index (χ0) is 13.8. The molecule has 6 heteroatoms. The lowest BCUT2D eigenvalue weighted by Crippen LogP contribution is -2.25. The Morgan fingerprint density at radius 3 is 3.05 bits per heavy atom. The summed E-state index contributed by atoms with van der Waals surface area (Å²) >= 11 is 4.96. The van der Waals surface area contributed by atoms with E-state index < -0.39 is 0 Å². The number of hydrogen-bond donors (Lipinski definition) is 1. The summed E-state index contributed by atoms with van der Waals surface area (Å²) in [6, 6.07) is 0. The van der Waals surface area contributed by atoms with E-state index in [2.05, 4.69) is 12.0 Å². The van der Waals surface area contributed by atoms with Crippen LogP contribution in [0.15, 0.2) is 0 Å². The summed E-state index contributed by atoms with van der Waals surface area (Å²) < 4.78 is 13.0. The molecule has 2 heterocycles. The second-order valence-electron chi connectivity index (χ2n) is 4.85. The second-order valence-corrected chi connectivity index (χ2v) is 5.26. The molecule has 0 spiro atoms. The average molecular weight is 283 g/mol. The van der Waals surface area contributed by atoms with Crippen molar-refractivity contribution in [1.29, 1.82) is 0 Å². The van der Waals surface area contributed by atoms with Gasteiger partial charge in [0.2, 0.25) is 5.88 Å². The van der Waals surface area contributed by atoms with Crippen molar-refractivity contribution in [2.45, 2.75) is 45.6 Å². The maximum Gasteiger partial charge on any atom is 0.222 e. The SMILES string of the molecule is CCCCCOCC1Cc2c(C)nn(C(N)=S)c2O1. The van der Waals surface area contributed by atoms with Crippen molar-refractivity contribution in [2.75, 3.05) is 13.2 Å². The minimum Gasteiger partial charge on any atom is -0.471 e. The van der Waals surface area contributed by atoms with Gasteiger partial charge in [0.15, 0.2) is 5.11 Å². The lowest BCUT2D eigenvalue weighted by Gasteiger charge is -2.12. The number of aryl methyl sites for hydroxylation is 1. The van der Waals surface area contributed by atoms with E-state index in [-0.39, 0.29) is 11.2 Å². The van der Waals surface area contributed by atoms with E-state index in [1.807, 2.05) is 6.92 Å². The van der Waals surface area contributed by atoms with E-state index in [0.29, 0.717) is 12.5 Å². The summed E-state index contributed by atoms with van der Waals surface area (Å²) in [7, 11) is 0. The molecule has 0 saturated carbocycles. The smallest absolute Gasteiger partial charge is 0.222 e. The molecular formula is C13H21N3O2S. The van der Waals surface area contributed by atoms with Gasteiger partial charge in [0, 0.05) is 18.6 Å². The summed E-state index contributed by atoms with van der Waals surface area (Å²) in [4.78, 5) is 0. The van der Waals surface area contributed by atoms with Crippen molar-refractivity contribution in [1.82, 2.24) is 9.78 Å². The Bertz CT molecular complexity index is 459. The number of nitrogens with zero attached hydrogens (tertiary/aromatic N) is 2. The third-order valence-corrected chi connectivity index (χ3v) is 3.43. The quantitative estimate of drug-likeness (QED) is 0.637. The van der Waals surface area contributed by atoms with Crippen LogP contribution in [0.3, 0.4) is 0 Å². The van der Waals surface area contributed by atoms with E-state index in [1.165, 1.54) is 17.5 Å². The molecule has 0 aromatic carbocycles. The fraction of sp³-hybridized carbons (Fsp3) is 0.692. The second kappa shape index (κ2) is 6.34. The Morgan fingerprint density at radius 2 is 2.37 bits per heavy atom. The summed E-state index contributed by atoms with van der Waals surface area (Å²) in [5.74, 6) is 0.687. The number of unbranched alkanes of at least 4 members (excludes halogenated alkanes) is 2. The van der Waals surface area contributed by atoms with E-state index in [0.717, 1.165) is 30.7 Å². The third-order valence-electron chi connectivity index (χ3n) is 3.25. The number of hydrogen-bond acceptors (Lipinski definition) is 4. The molecule has 0 bridgehead atoms. The molecule has 2 N–H and O–H groups in total. The molecule has 2 rings (SSSR count). The van der Waals surface area contributed by atoms with Crippen LogP contribution in [-0.2, 0) is 11.2 Å². The van der Waals surface area contributed by atoms with Crippen molar-refractivity contribution >= 4 is 17.3 Å². The summed E-state index contributed by atoms with van der Waals surface area (Å²) in [5.41, 5.74) is 7.64. The van der Waals surface area contributed by atoms with Crippen LogP contribution in [0.1, 0.15) is 37.4 Å². The number of fused-ring (bicyclic) bond motifs is 1. The average Bonchev–Trinajstić information content (AvgIpc) is 2.90. The summed E-state index contributed by atoms with van der Waals surface area (Å²) in [6.45, 7) is 5.53. The number of aromatic nitrogens is 2. The van der Waals surface area contributed by atoms with Gasteiger partial charge in [-0.15, -0.1) is 0 Å². The minimum atomic E-state index is 0.0499. The molecule has 0 fully saturated rings. The molecule has 1 unspecified atom stereocenters. The topological polar surface area (TPSA) is 62.3 Å². The third kappa shape index (κ3) is 3.25. The lowest BCUT2D eigenvalue weighted by atomic mass is 10.1. The molecule has 1 atom stereocenters. The van der Waals surface area contributed by atoms with Gasteiger partial charge < -0.3 is 15.2 Å². The Labute approximate surface area is 119 Å². The van der Waals surface area contributed by atoms with Gasteiger partial charge in [-0.25, -0.2) is 0 Å². The van der Waals surface area contributed by atoms with E-state index in [9.17, 15) is 0 Å². The maximum absolute atomic E-state index is 5.83. The van der Waals surface area contributed by atoms with E-state index in [4.69, 9.17) is 27.4 Å². The molecule has 0 saturated heterocycles. The summed E-state index contributed by atoms with van der Waals surface area (Å²) in [5, 5.41) is 4.49. The maximum atomic E-state index is 5.83. The van der Waals surface area contributed by atoms with Crippen LogP contribution in [0, 0.1) is 6.92 Å². The van der Waals surface area contributed by atoms with Crippen LogP contribution in [0.5, 0.6) is 5.88 Å². The van der Waals surface area contributed by atoms with Gasteiger partial charge in [-0.2, -0.15) is 9.78 Å². The minimum absolute atomic E-state index is 0.0499. The number of rotatable bonds is 6. The first-order chi connectivity index (χ1) is 9.13. The Hall–Kier alpha value is -1.14. The number of ether oxygens (including phenoxy) is 2. The van der Waals surface area contributed by atoms with E-state index >= 15 is 0 Å². The van der Waals surface area contributed by atoms with Gasteiger partial charge in [-0.1, -0.05) is 19.8 Å². The number of thiocarbonyl (C=S) groups is 1. The van der Waals surface area contributed by atoms with Gasteiger partial charge in [-0.3, -0.25) is 0 Å². The van der Waals surface area contributed by atoms with Crippen molar-refractivity contribution in [3.8, 4) is 5.88 Å². The van der Waals surface area contributed by atoms with Gasteiger partial charge in [0.1, 0.15) is 6.10 Å². The molecule has 1 aromatic rings. The molecule has 5 nitrogen and oxygen atoms in total. The monoisotopic (exact) mass is 283 g/mol. The Kier molecular flexibility index (Phi) is 4.76. The highest BCUT2D eigenvalue weighted by atomic mass is 32.1.